The number of hydrogen-bond acceptors (Lipinski definition) is 3. The Morgan fingerprint density at radius 3 is 2.30 bits per heavy atom. The number of allylic oxidation sites excluding steroid dienone is 3. The minimum atomic E-state index is -0.150. The van der Waals surface area contributed by atoms with Crippen molar-refractivity contribution in [3.63, 3.8) is 0 Å². The first-order valence-corrected chi connectivity index (χ1v) is 13.2. The zero-order valence-corrected chi connectivity index (χ0v) is 23.8. The first-order valence-electron chi connectivity index (χ1n) is 13.2. The monoisotopic (exact) mass is 499 g/mol. The van der Waals surface area contributed by atoms with Crippen LogP contribution in [0.25, 0.3) is 6.08 Å². The summed E-state index contributed by atoms with van der Waals surface area (Å²) in [5.41, 5.74) is 5.30. The molecule has 0 saturated heterocycles. The van der Waals surface area contributed by atoms with Gasteiger partial charge in [-0.25, -0.2) is 0 Å². The fraction of sp³-hybridized carbons (Fsp3) is 0.394. The van der Waals surface area contributed by atoms with Crippen LogP contribution in [0, 0.1) is 36.5 Å². The van der Waals surface area contributed by atoms with Crippen molar-refractivity contribution in [2.75, 3.05) is 0 Å². The molecule has 4 nitrogen and oxygen atoms in total. The van der Waals surface area contributed by atoms with Crippen LogP contribution in [0.4, 0.5) is 0 Å². The summed E-state index contributed by atoms with van der Waals surface area (Å²) in [6.45, 7) is 22.9. The molecule has 2 aliphatic carbocycles. The maximum Gasteiger partial charge on any atom is 0.180 e. The summed E-state index contributed by atoms with van der Waals surface area (Å²) in [4.78, 5) is 23.6. The molecule has 4 rings (SSSR count). The standard InChI is InChI=1S/C20H20N2O2.C9H11.2C2H6/c1-12-8-9-18-16(10-12)6-5-7-17(18)13(2)22-20(15(4)24)11-19(21-22)14(3)23;1-4-6-9-7(3)8(9)5-2;2*1-2/h5-9,11,13H,1,10H2,2-4H3;1,5-9H,2H2,3H3;2*1-2H3/t;7-,8-,9+;;/m.0../s1. The van der Waals surface area contributed by atoms with Crippen LogP contribution in [-0.2, 0) is 6.42 Å². The van der Waals surface area contributed by atoms with Crippen LogP contribution in [0.5, 0.6) is 0 Å². The quantitative estimate of drug-likeness (QED) is 0.230. The lowest BCUT2D eigenvalue weighted by atomic mass is 9.89. The molecule has 0 spiro atoms. The molecule has 1 aromatic carbocycles. The van der Waals surface area contributed by atoms with Crippen molar-refractivity contribution >= 4 is 17.6 Å². The van der Waals surface area contributed by atoms with Gasteiger partial charge in [0.1, 0.15) is 11.4 Å². The Bertz CT molecular complexity index is 1180. The van der Waals surface area contributed by atoms with Gasteiger partial charge in [-0.2, -0.15) is 5.10 Å². The molecule has 1 heterocycles. The van der Waals surface area contributed by atoms with Gasteiger partial charge in [0.25, 0.3) is 0 Å². The maximum atomic E-state index is 12.0. The van der Waals surface area contributed by atoms with Gasteiger partial charge < -0.3 is 0 Å². The van der Waals surface area contributed by atoms with Crippen molar-refractivity contribution in [2.24, 2.45) is 17.8 Å². The largest absolute Gasteiger partial charge is 0.293 e. The highest BCUT2D eigenvalue weighted by atomic mass is 16.1. The molecule has 4 heteroatoms. The number of fused-ring (bicyclic) bond motifs is 1. The van der Waals surface area contributed by atoms with Crippen LogP contribution in [0.2, 0.25) is 0 Å². The van der Waals surface area contributed by atoms with Crippen LogP contribution in [-0.4, -0.2) is 21.3 Å². The zero-order chi connectivity index (χ0) is 28.3. The van der Waals surface area contributed by atoms with Crippen LogP contribution >= 0.6 is 0 Å². The molecule has 1 unspecified atom stereocenters. The highest BCUT2D eigenvalue weighted by molar-refractivity contribution is 5.97. The normalized spacial score (nSPS) is 19.2. The van der Waals surface area contributed by atoms with Crippen LogP contribution in [0.15, 0.2) is 55.1 Å². The van der Waals surface area contributed by atoms with E-state index in [0.29, 0.717) is 23.2 Å². The average Bonchev–Trinajstić information content (AvgIpc) is 3.30. The number of aromatic nitrogens is 2. The molecule has 0 N–H and O–H groups in total. The molecule has 37 heavy (non-hydrogen) atoms. The van der Waals surface area contributed by atoms with Gasteiger partial charge in [-0.15, -0.1) is 18.9 Å². The van der Waals surface area contributed by atoms with Gasteiger partial charge in [0, 0.05) is 20.3 Å². The smallest absolute Gasteiger partial charge is 0.180 e. The molecule has 4 atom stereocenters. The number of carbonyl (C=O) groups excluding carboxylic acids is 2. The lowest BCUT2D eigenvalue weighted by Gasteiger charge is -2.22. The second-order valence-electron chi connectivity index (χ2n) is 8.82. The van der Waals surface area contributed by atoms with Gasteiger partial charge in [0.15, 0.2) is 11.6 Å². The summed E-state index contributed by atoms with van der Waals surface area (Å²) >= 11 is 0. The summed E-state index contributed by atoms with van der Waals surface area (Å²) in [7, 11) is 0. The topological polar surface area (TPSA) is 52.0 Å². The predicted octanol–water partition coefficient (Wildman–Crippen LogP) is 7.97. The van der Waals surface area contributed by atoms with Gasteiger partial charge in [0.05, 0.1) is 6.04 Å². The number of carbonyl (C=O) groups is 2. The maximum absolute atomic E-state index is 12.0. The number of benzene rings is 1. The van der Waals surface area contributed by atoms with Gasteiger partial charge in [-0.1, -0.05) is 83.2 Å². The SMILES string of the molecule is C#C[CH][C@@H]1[C@@H](C)[C@@H]1C=C.C=C1C=Cc2c(cccc2C(C)n2nc(C(C)=O)cc2C(C)=O)C1.CC.CC. The van der Waals surface area contributed by atoms with Crippen molar-refractivity contribution in [1.29, 1.82) is 0 Å². The molecule has 0 aliphatic heterocycles. The third kappa shape index (κ3) is 7.76. The van der Waals surface area contributed by atoms with E-state index in [1.807, 2.05) is 65.3 Å². The van der Waals surface area contributed by atoms with Crippen molar-refractivity contribution in [2.45, 2.75) is 67.9 Å². The first-order chi connectivity index (χ1) is 17.7. The minimum Gasteiger partial charge on any atom is -0.293 e. The van der Waals surface area contributed by atoms with Crippen LogP contribution in [0.3, 0.4) is 0 Å². The molecule has 1 saturated carbocycles. The number of nitrogens with zero attached hydrogens (tertiary/aromatic N) is 2. The van der Waals surface area contributed by atoms with E-state index in [4.69, 9.17) is 6.42 Å². The highest BCUT2D eigenvalue weighted by Crippen LogP contribution is 2.48. The third-order valence-corrected chi connectivity index (χ3v) is 6.49. The van der Waals surface area contributed by atoms with Crippen molar-refractivity contribution in [3.8, 4) is 12.3 Å². The van der Waals surface area contributed by atoms with E-state index >= 15 is 0 Å². The van der Waals surface area contributed by atoms with E-state index in [-0.39, 0.29) is 17.6 Å². The lowest BCUT2D eigenvalue weighted by Crippen LogP contribution is -2.16. The first kappa shape index (κ1) is 31.6. The molecule has 1 fully saturated rings. The Morgan fingerprint density at radius 2 is 1.78 bits per heavy atom. The second kappa shape index (κ2) is 15.0. The Labute approximate surface area is 224 Å². The van der Waals surface area contributed by atoms with Crippen LogP contribution in [0.1, 0.15) is 99.1 Å². The van der Waals surface area contributed by atoms with E-state index in [9.17, 15) is 9.59 Å². The number of Topliss-reactive ketones (excluding diaryl/α,β-unsaturated/α-hetero) is 2. The Balaban J connectivity index is 0.000000440. The molecular weight excluding hydrogens is 456 g/mol. The molecule has 0 amide bonds. The average molecular weight is 500 g/mol. The van der Waals surface area contributed by atoms with Crippen LogP contribution < -0.4 is 0 Å². The second-order valence-corrected chi connectivity index (χ2v) is 8.82. The summed E-state index contributed by atoms with van der Waals surface area (Å²) < 4.78 is 1.66. The van der Waals surface area contributed by atoms with E-state index in [1.54, 1.807) is 10.7 Å². The lowest BCUT2D eigenvalue weighted by molar-refractivity contribution is 0.0995. The molecule has 2 aliphatic rings. The zero-order valence-electron chi connectivity index (χ0n) is 23.8. The van der Waals surface area contributed by atoms with E-state index in [2.05, 4.69) is 43.2 Å². The number of ketones is 2. The third-order valence-electron chi connectivity index (χ3n) is 6.49. The fourth-order valence-electron chi connectivity index (χ4n) is 4.39. The Hall–Kier alpha value is -3.45. The molecule has 0 bridgehead atoms. The molecule has 2 aromatic rings. The van der Waals surface area contributed by atoms with E-state index < -0.39 is 0 Å². The molecular formula is C33H43N2O2. The summed E-state index contributed by atoms with van der Waals surface area (Å²) in [5, 5.41) is 4.38. The number of rotatable bonds is 6. The number of terminal acetylenes is 1. The van der Waals surface area contributed by atoms with E-state index in [0.717, 1.165) is 29.0 Å². The van der Waals surface area contributed by atoms with E-state index in [1.165, 1.54) is 19.4 Å². The Morgan fingerprint density at radius 1 is 1.14 bits per heavy atom. The van der Waals surface area contributed by atoms with Gasteiger partial charge in [-0.3, -0.25) is 14.3 Å². The fourth-order valence-corrected chi connectivity index (χ4v) is 4.39. The Kier molecular flexibility index (Phi) is 12.8. The summed E-state index contributed by atoms with van der Waals surface area (Å²) in [6.07, 6.45) is 13.9. The minimum absolute atomic E-state index is 0.101. The van der Waals surface area contributed by atoms with Crippen molar-refractivity contribution in [1.82, 2.24) is 9.78 Å². The summed E-state index contributed by atoms with van der Waals surface area (Å²) in [6, 6.07) is 7.58. The summed E-state index contributed by atoms with van der Waals surface area (Å²) in [5.74, 6) is 4.31. The molecule has 197 valence electrons. The highest BCUT2D eigenvalue weighted by Gasteiger charge is 2.43. The van der Waals surface area contributed by atoms with Crippen molar-refractivity contribution in [3.05, 3.63) is 89.6 Å². The number of hydrogen-bond donors (Lipinski definition) is 0. The predicted molar refractivity (Wildman–Crippen MR) is 157 cm³/mol. The van der Waals surface area contributed by atoms with Crippen molar-refractivity contribution < 1.29 is 9.59 Å². The van der Waals surface area contributed by atoms with Gasteiger partial charge in [-0.05, 0) is 53.9 Å². The van der Waals surface area contributed by atoms with Gasteiger partial charge in [0.2, 0.25) is 0 Å². The molecule has 1 aromatic heterocycles. The molecule has 1 radical (unpaired) electrons. The van der Waals surface area contributed by atoms with Gasteiger partial charge >= 0.3 is 0 Å².